The zero-order valence-corrected chi connectivity index (χ0v) is 18.1. The van der Waals surface area contributed by atoms with Crippen LogP contribution in [-0.4, -0.2) is 41.1 Å². The van der Waals surface area contributed by atoms with Crippen molar-refractivity contribution in [2.45, 2.75) is 19.5 Å². The molecule has 0 unspecified atom stereocenters. The molecular weight excluding hydrogens is 432 g/mol. The van der Waals surface area contributed by atoms with Crippen LogP contribution < -0.4 is 10.1 Å². The quantitative estimate of drug-likeness (QED) is 0.612. The minimum atomic E-state index is 0.0658. The van der Waals surface area contributed by atoms with Gasteiger partial charge in [-0.05, 0) is 47.4 Å². The molecule has 1 aliphatic rings. The van der Waals surface area contributed by atoms with E-state index in [1.807, 2.05) is 53.0 Å². The lowest BCUT2D eigenvalue weighted by Crippen LogP contribution is -2.37. The van der Waals surface area contributed by atoms with Gasteiger partial charge in [0.05, 0.1) is 13.7 Å². The third-order valence-electron chi connectivity index (χ3n) is 5.20. The minimum absolute atomic E-state index is 0.0658. The molecule has 0 saturated heterocycles. The van der Waals surface area contributed by atoms with Crippen LogP contribution in [0.15, 0.2) is 53.3 Å². The fourth-order valence-corrected chi connectivity index (χ4v) is 4.46. The molecule has 1 aliphatic heterocycles. The predicted octanol–water partition coefficient (Wildman–Crippen LogP) is 3.94. The van der Waals surface area contributed by atoms with Gasteiger partial charge in [0.25, 0.3) is 5.91 Å². The van der Waals surface area contributed by atoms with Gasteiger partial charge >= 0.3 is 0 Å². The Kier molecular flexibility index (Phi) is 5.58. The molecule has 150 valence electrons. The van der Waals surface area contributed by atoms with Crippen molar-refractivity contribution in [1.82, 2.24) is 14.5 Å². The van der Waals surface area contributed by atoms with E-state index in [1.165, 1.54) is 0 Å². The van der Waals surface area contributed by atoms with E-state index in [2.05, 4.69) is 32.3 Å². The molecule has 0 radical (unpaired) electrons. The highest BCUT2D eigenvalue weighted by molar-refractivity contribution is 9.10. The highest BCUT2D eigenvalue weighted by Crippen LogP contribution is 2.30. The lowest BCUT2D eigenvalue weighted by Gasteiger charge is -2.30. The summed E-state index contributed by atoms with van der Waals surface area (Å²) in [5.74, 6) is 1.67. The molecule has 3 aromatic rings. The minimum Gasteiger partial charge on any atom is -0.497 e. The number of halogens is 1. The maximum Gasteiger partial charge on any atom is 0.254 e. The maximum atomic E-state index is 13.2. The van der Waals surface area contributed by atoms with Crippen LogP contribution in [0.25, 0.3) is 0 Å². The summed E-state index contributed by atoms with van der Waals surface area (Å²) < 4.78 is 8.32. The number of amides is 1. The summed E-state index contributed by atoms with van der Waals surface area (Å²) >= 11 is 3.68. The molecule has 4 rings (SSSR count). The second kappa shape index (κ2) is 8.29. The molecule has 1 N–H and O–H groups in total. The van der Waals surface area contributed by atoms with Crippen LogP contribution in [-0.2, 0) is 19.5 Å². The SMILES string of the molecule is CNc1nccn1Cc1cc(Br)c2c(c1)C(=O)N(Cc1cccc(OC)c1)CC2. The van der Waals surface area contributed by atoms with Gasteiger partial charge < -0.3 is 19.5 Å². The molecule has 1 amide bonds. The van der Waals surface area contributed by atoms with E-state index in [0.29, 0.717) is 19.6 Å². The van der Waals surface area contributed by atoms with Crippen molar-refractivity contribution in [3.05, 3.63) is 75.5 Å². The Hall–Kier alpha value is -2.80. The number of benzene rings is 2. The molecule has 0 bridgehead atoms. The average molecular weight is 455 g/mol. The summed E-state index contributed by atoms with van der Waals surface area (Å²) in [6.07, 6.45) is 4.52. The van der Waals surface area contributed by atoms with Crippen molar-refractivity contribution in [3.63, 3.8) is 0 Å². The van der Waals surface area contributed by atoms with Crippen molar-refractivity contribution in [1.29, 1.82) is 0 Å². The zero-order chi connectivity index (χ0) is 20.4. The van der Waals surface area contributed by atoms with E-state index < -0.39 is 0 Å². The molecule has 0 saturated carbocycles. The van der Waals surface area contributed by atoms with Crippen LogP contribution in [0.3, 0.4) is 0 Å². The first-order valence-corrected chi connectivity index (χ1v) is 10.3. The number of hydrogen-bond donors (Lipinski definition) is 1. The Morgan fingerprint density at radius 3 is 2.86 bits per heavy atom. The number of anilines is 1. The third kappa shape index (κ3) is 4.00. The summed E-state index contributed by atoms with van der Waals surface area (Å²) in [7, 11) is 3.50. The number of methoxy groups -OCH3 is 1. The Labute approximate surface area is 178 Å². The second-order valence-corrected chi connectivity index (χ2v) is 7.92. The Morgan fingerprint density at radius 2 is 2.07 bits per heavy atom. The number of carbonyl (C=O) groups is 1. The van der Waals surface area contributed by atoms with Crippen LogP contribution in [0.5, 0.6) is 5.75 Å². The number of nitrogens with zero attached hydrogens (tertiary/aromatic N) is 3. The van der Waals surface area contributed by atoms with Crippen molar-refractivity contribution < 1.29 is 9.53 Å². The summed E-state index contributed by atoms with van der Waals surface area (Å²) in [5.41, 5.74) is 3.98. The third-order valence-corrected chi connectivity index (χ3v) is 5.91. The topological polar surface area (TPSA) is 59.4 Å². The molecule has 29 heavy (non-hydrogen) atoms. The van der Waals surface area contributed by atoms with Crippen LogP contribution in [0.1, 0.15) is 27.0 Å². The molecule has 1 aromatic heterocycles. The van der Waals surface area contributed by atoms with E-state index in [1.54, 1.807) is 13.3 Å². The number of fused-ring (bicyclic) bond motifs is 1. The lowest BCUT2D eigenvalue weighted by atomic mass is 9.96. The van der Waals surface area contributed by atoms with Crippen molar-refractivity contribution in [2.24, 2.45) is 0 Å². The van der Waals surface area contributed by atoms with Crippen molar-refractivity contribution in [2.75, 3.05) is 26.0 Å². The Morgan fingerprint density at radius 1 is 1.21 bits per heavy atom. The van der Waals surface area contributed by atoms with Gasteiger partial charge in [0, 0.05) is 42.6 Å². The largest absolute Gasteiger partial charge is 0.497 e. The van der Waals surface area contributed by atoms with Gasteiger partial charge in [-0.15, -0.1) is 0 Å². The number of carbonyl (C=O) groups excluding carboxylic acids is 1. The second-order valence-electron chi connectivity index (χ2n) is 7.06. The van der Waals surface area contributed by atoms with E-state index in [0.717, 1.165) is 44.8 Å². The first-order valence-electron chi connectivity index (χ1n) is 9.51. The summed E-state index contributed by atoms with van der Waals surface area (Å²) in [4.78, 5) is 19.4. The molecule has 2 heterocycles. The molecule has 0 fully saturated rings. The van der Waals surface area contributed by atoms with Gasteiger partial charge in [-0.1, -0.05) is 28.1 Å². The van der Waals surface area contributed by atoms with Gasteiger partial charge in [-0.3, -0.25) is 4.79 Å². The van der Waals surface area contributed by atoms with E-state index >= 15 is 0 Å². The van der Waals surface area contributed by atoms with Gasteiger partial charge in [-0.25, -0.2) is 4.98 Å². The highest BCUT2D eigenvalue weighted by Gasteiger charge is 2.26. The number of ether oxygens (including phenoxy) is 1. The van der Waals surface area contributed by atoms with Crippen molar-refractivity contribution in [3.8, 4) is 5.75 Å². The number of imidazole rings is 1. The zero-order valence-electron chi connectivity index (χ0n) is 16.5. The molecule has 0 spiro atoms. The number of rotatable bonds is 6. The molecule has 6 nitrogen and oxygen atoms in total. The van der Waals surface area contributed by atoms with Gasteiger partial charge in [0.15, 0.2) is 0 Å². The fraction of sp³-hybridized carbons (Fsp3) is 0.273. The van der Waals surface area contributed by atoms with E-state index in [9.17, 15) is 4.79 Å². The predicted molar refractivity (Wildman–Crippen MR) is 116 cm³/mol. The highest BCUT2D eigenvalue weighted by atomic mass is 79.9. The average Bonchev–Trinajstić information content (AvgIpc) is 3.17. The fourth-order valence-electron chi connectivity index (χ4n) is 3.75. The molecular formula is C22H23BrN4O2. The molecule has 0 aliphatic carbocycles. The molecule has 0 atom stereocenters. The van der Waals surface area contributed by atoms with Crippen LogP contribution >= 0.6 is 15.9 Å². The summed E-state index contributed by atoms with van der Waals surface area (Å²) in [5, 5.41) is 3.08. The lowest BCUT2D eigenvalue weighted by molar-refractivity contribution is 0.0726. The first kappa shape index (κ1) is 19.5. The number of nitrogens with one attached hydrogen (secondary N) is 1. The van der Waals surface area contributed by atoms with Crippen LogP contribution in [0.2, 0.25) is 0 Å². The van der Waals surface area contributed by atoms with E-state index in [-0.39, 0.29) is 5.91 Å². The van der Waals surface area contributed by atoms with Crippen LogP contribution in [0.4, 0.5) is 5.95 Å². The van der Waals surface area contributed by atoms with Crippen LogP contribution in [0, 0.1) is 0 Å². The van der Waals surface area contributed by atoms with Gasteiger partial charge in [-0.2, -0.15) is 0 Å². The molecule has 2 aromatic carbocycles. The normalized spacial score (nSPS) is 13.3. The van der Waals surface area contributed by atoms with Gasteiger partial charge in [0.1, 0.15) is 5.75 Å². The summed E-state index contributed by atoms with van der Waals surface area (Å²) in [6.45, 7) is 1.92. The number of hydrogen-bond acceptors (Lipinski definition) is 4. The maximum absolute atomic E-state index is 13.2. The van der Waals surface area contributed by atoms with Gasteiger partial charge in [0.2, 0.25) is 5.95 Å². The smallest absolute Gasteiger partial charge is 0.254 e. The van der Waals surface area contributed by atoms with Crippen molar-refractivity contribution >= 4 is 27.8 Å². The first-order chi connectivity index (χ1) is 14.1. The van der Waals surface area contributed by atoms with E-state index in [4.69, 9.17) is 4.74 Å². The Balaban J connectivity index is 1.59. The molecule has 7 heteroatoms. The summed E-state index contributed by atoms with van der Waals surface area (Å²) in [6, 6.07) is 12.0. The monoisotopic (exact) mass is 454 g/mol. The standard InChI is InChI=1S/C22H23BrN4O2/c1-24-22-25-7-9-27(22)14-16-11-19-18(20(23)12-16)6-8-26(21(19)28)13-15-4-3-5-17(10-15)29-2/h3-5,7,9-12H,6,8,13-14H2,1-2H3,(H,24,25). The number of aromatic nitrogens is 2. The Bertz CT molecular complexity index is 1050.